The molecule has 100 valence electrons. The molecule has 0 spiro atoms. The fraction of sp³-hybridized carbons (Fsp3) is 0.643. The molecular weight excluding hydrogens is 246 g/mol. The first-order valence-corrected chi connectivity index (χ1v) is 7.34. The van der Waals surface area contributed by atoms with E-state index in [2.05, 4.69) is 12.2 Å². The van der Waals surface area contributed by atoms with Crippen LogP contribution in [0, 0.1) is 12.8 Å². The van der Waals surface area contributed by atoms with Crippen LogP contribution in [0.1, 0.15) is 46.8 Å². The van der Waals surface area contributed by atoms with Crippen LogP contribution in [-0.4, -0.2) is 23.2 Å². The first kappa shape index (κ1) is 13.6. The van der Waals surface area contributed by atoms with Crippen molar-refractivity contribution in [3.05, 3.63) is 21.4 Å². The molecule has 1 heterocycles. The van der Waals surface area contributed by atoms with Crippen molar-refractivity contribution >= 4 is 17.2 Å². The number of aliphatic hydroxyl groups is 1. The smallest absolute Gasteiger partial charge is 0.261 e. The Morgan fingerprint density at radius 1 is 1.61 bits per heavy atom. The van der Waals surface area contributed by atoms with Gasteiger partial charge in [-0.1, -0.05) is 6.92 Å². The van der Waals surface area contributed by atoms with Crippen LogP contribution in [0.4, 0.5) is 0 Å². The Balaban J connectivity index is 2.11. The quantitative estimate of drug-likeness (QED) is 0.861. The number of aliphatic hydroxyl groups excluding tert-OH is 1. The number of hydrogen-bond donors (Lipinski definition) is 2. The highest BCUT2D eigenvalue weighted by molar-refractivity contribution is 7.14. The summed E-state index contributed by atoms with van der Waals surface area (Å²) in [6.07, 6.45) is 3.15. The minimum Gasteiger partial charge on any atom is -0.394 e. The number of carbonyl (C=O) groups is 1. The van der Waals surface area contributed by atoms with E-state index in [-0.39, 0.29) is 12.5 Å². The fourth-order valence-corrected chi connectivity index (χ4v) is 3.30. The molecule has 1 aliphatic carbocycles. The van der Waals surface area contributed by atoms with Crippen molar-refractivity contribution in [2.24, 2.45) is 5.92 Å². The van der Waals surface area contributed by atoms with Crippen molar-refractivity contribution < 1.29 is 9.90 Å². The van der Waals surface area contributed by atoms with Crippen LogP contribution in [0.25, 0.3) is 0 Å². The van der Waals surface area contributed by atoms with Crippen molar-refractivity contribution in [2.45, 2.75) is 45.6 Å². The molecule has 18 heavy (non-hydrogen) atoms. The summed E-state index contributed by atoms with van der Waals surface area (Å²) in [6.45, 7) is 6.09. The van der Waals surface area contributed by atoms with Crippen LogP contribution in [-0.2, 0) is 6.42 Å². The Morgan fingerprint density at radius 2 is 2.28 bits per heavy atom. The maximum Gasteiger partial charge on any atom is 0.261 e. The molecule has 2 N–H and O–H groups in total. The third-order valence-corrected chi connectivity index (χ3v) is 4.92. The Bertz CT molecular complexity index is 451. The van der Waals surface area contributed by atoms with Crippen LogP contribution in [0.5, 0.6) is 0 Å². The maximum absolute atomic E-state index is 12.2. The molecule has 2 rings (SSSR count). The van der Waals surface area contributed by atoms with Gasteiger partial charge in [-0.25, -0.2) is 0 Å². The lowest BCUT2D eigenvalue weighted by Crippen LogP contribution is -2.50. The average molecular weight is 267 g/mol. The Morgan fingerprint density at radius 3 is 2.72 bits per heavy atom. The van der Waals surface area contributed by atoms with Gasteiger partial charge in [-0.05, 0) is 50.7 Å². The van der Waals surface area contributed by atoms with Crippen molar-refractivity contribution in [3.8, 4) is 0 Å². The summed E-state index contributed by atoms with van der Waals surface area (Å²) in [7, 11) is 0. The van der Waals surface area contributed by atoms with Crippen molar-refractivity contribution in [3.63, 3.8) is 0 Å². The van der Waals surface area contributed by atoms with Crippen LogP contribution < -0.4 is 5.32 Å². The minimum atomic E-state index is -0.457. The summed E-state index contributed by atoms with van der Waals surface area (Å²) >= 11 is 1.54. The topological polar surface area (TPSA) is 49.3 Å². The Labute approximate surface area is 112 Å². The fourth-order valence-electron chi connectivity index (χ4n) is 2.29. The van der Waals surface area contributed by atoms with E-state index in [0.717, 1.165) is 24.1 Å². The van der Waals surface area contributed by atoms with E-state index in [1.165, 1.54) is 21.8 Å². The van der Waals surface area contributed by atoms with Crippen LogP contribution >= 0.6 is 11.3 Å². The monoisotopic (exact) mass is 267 g/mol. The van der Waals surface area contributed by atoms with Crippen LogP contribution in [0.15, 0.2) is 6.07 Å². The number of aryl methyl sites for hydroxylation is 2. The van der Waals surface area contributed by atoms with Gasteiger partial charge in [-0.2, -0.15) is 0 Å². The standard InChI is InChI=1S/C14H21NO2S/c1-4-10-7-12(18-9(10)2)13(17)15-14(3,8-16)11-5-6-11/h7,11,16H,4-6,8H2,1-3H3,(H,15,17). The molecule has 4 heteroatoms. The number of rotatable bonds is 5. The largest absolute Gasteiger partial charge is 0.394 e. The first-order valence-electron chi connectivity index (χ1n) is 6.53. The molecule has 0 bridgehead atoms. The highest BCUT2D eigenvalue weighted by Crippen LogP contribution is 2.39. The van der Waals surface area contributed by atoms with Crippen LogP contribution in [0.3, 0.4) is 0 Å². The van der Waals surface area contributed by atoms with E-state index in [0.29, 0.717) is 5.92 Å². The minimum absolute atomic E-state index is 0.00833. The highest BCUT2D eigenvalue weighted by Gasteiger charge is 2.42. The van der Waals surface area contributed by atoms with Gasteiger partial charge in [-0.15, -0.1) is 11.3 Å². The van der Waals surface area contributed by atoms with Crippen molar-refractivity contribution in [2.75, 3.05) is 6.61 Å². The molecule has 1 fully saturated rings. The molecule has 1 aromatic rings. The molecule has 3 nitrogen and oxygen atoms in total. The van der Waals surface area contributed by atoms with E-state index in [4.69, 9.17) is 0 Å². The molecule has 1 amide bonds. The molecule has 1 atom stereocenters. The van der Waals surface area contributed by atoms with Gasteiger partial charge in [-0.3, -0.25) is 4.79 Å². The molecule has 1 aliphatic rings. The lowest BCUT2D eigenvalue weighted by Gasteiger charge is -2.28. The molecule has 1 aromatic heterocycles. The number of hydrogen-bond acceptors (Lipinski definition) is 3. The number of thiophene rings is 1. The number of amides is 1. The lowest BCUT2D eigenvalue weighted by atomic mass is 9.97. The van der Waals surface area contributed by atoms with Gasteiger partial charge < -0.3 is 10.4 Å². The van der Waals surface area contributed by atoms with Gasteiger partial charge >= 0.3 is 0 Å². The molecule has 0 aliphatic heterocycles. The zero-order valence-corrected chi connectivity index (χ0v) is 12.1. The lowest BCUT2D eigenvalue weighted by molar-refractivity contribution is 0.0828. The summed E-state index contributed by atoms with van der Waals surface area (Å²) < 4.78 is 0. The van der Waals surface area contributed by atoms with Crippen LogP contribution in [0.2, 0.25) is 0 Å². The van der Waals surface area contributed by atoms with E-state index in [1.54, 1.807) is 0 Å². The second-order valence-corrected chi connectivity index (χ2v) is 6.61. The highest BCUT2D eigenvalue weighted by atomic mass is 32.1. The summed E-state index contributed by atoms with van der Waals surface area (Å²) in [6, 6.07) is 1.97. The molecule has 1 unspecified atom stereocenters. The summed E-state index contributed by atoms with van der Waals surface area (Å²) in [5.41, 5.74) is 0.781. The third-order valence-electron chi connectivity index (χ3n) is 3.83. The zero-order valence-electron chi connectivity index (χ0n) is 11.2. The molecular formula is C14H21NO2S. The average Bonchev–Trinajstić information content (AvgIpc) is 3.13. The van der Waals surface area contributed by atoms with Gasteiger partial charge in [0.25, 0.3) is 5.91 Å². The number of nitrogens with one attached hydrogen (secondary N) is 1. The first-order chi connectivity index (χ1) is 8.50. The maximum atomic E-state index is 12.2. The predicted molar refractivity (Wildman–Crippen MR) is 74.1 cm³/mol. The number of carbonyl (C=O) groups excluding carboxylic acids is 1. The summed E-state index contributed by atoms with van der Waals surface area (Å²) in [4.78, 5) is 14.2. The molecule has 1 saturated carbocycles. The van der Waals surface area contributed by atoms with Crippen molar-refractivity contribution in [1.82, 2.24) is 5.32 Å². The Hall–Kier alpha value is -0.870. The van der Waals surface area contributed by atoms with E-state index in [9.17, 15) is 9.90 Å². The third kappa shape index (κ3) is 2.59. The van der Waals surface area contributed by atoms with Gasteiger partial charge in [0.05, 0.1) is 17.0 Å². The van der Waals surface area contributed by atoms with Gasteiger partial charge in [0.15, 0.2) is 0 Å². The van der Waals surface area contributed by atoms with Crippen molar-refractivity contribution in [1.29, 1.82) is 0 Å². The second kappa shape index (κ2) is 5.02. The predicted octanol–water partition coefficient (Wildman–Crippen LogP) is 2.51. The van der Waals surface area contributed by atoms with E-state index >= 15 is 0 Å². The van der Waals surface area contributed by atoms with E-state index in [1.807, 2.05) is 19.9 Å². The molecule has 0 radical (unpaired) electrons. The summed E-state index contributed by atoms with van der Waals surface area (Å²) in [5, 5.41) is 12.5. The van der Waals surface area contributed by atoms with Gasteiger partial charge in [0.1, 0.15) is 0 Å². The normalized spacial score (nSPS) is 18.4. The van der Waals surface area contributed by atoms with Gasteiger partial charge in [0, 0.05) is 4.88 Å². The zero-order chi connectivity index (χ0) is 13.3. The van der Waals surface area contributed by atoms with E-state index < -0.39 is 5.54 Å². The molecule has 0 aromatic carbocycles. The summed E-state index contributed by atoms with van der Waals surface area (Å²) in [5.74, 6) is 0.379. The SMILES string of the molecule is CCc1cc(C(=O)NC(C)(CO)C2CC2)sc1C. The molecule has 0 saturated heterocycles. The Kier molecular flexibility index (Phi) is 3.78. The van der Waals surface area contributed by atoms with Gasteiger partial charge in [0.2, 0.25) is 0 Å². The second-order valence-electron chi connectivity index (χ2n) is 5.35.